The lowest BCUT2D eigenvalue weighted by Crippen LogP contribution is -2.28. The van der Waals surface area contributed by atoms with Gasteiger partial charge in [0.25, 0.3) is 0 Å². The van der Waals surface area contributed by atoms with Gasteiger partial charge in [-0.25, -0.2) is 9.59 Å². The molecule has 0 amide bonds. The van der Waals surface area contributed by atoms with E-state index >= 15 is 0 Å². The van der Waals surface area contributed by atoms with Gasteiger partial charge in [-0.05, 0) is 13.3 Å². The van der Waals surface area contributed by atoms with Gasteiger partial charge in [-0.15, -0.1) is 13.2 Å². The first-order valence-electron chi connectivity index (χ1n) is 4.73. The number of carbonyl (C=O) groups excluding carboxylic acids is 2. The van der Waals surface area contributed by atoms with E-state index in [1.165, 1.54) is 19.1 Å². The van der Waals surface area contributed by atoms with Crippen LogP contribution in [0.15, 0.2) is 36.5 Å². The van der Waals surface area contributed by atoms with Gasteiger partial charge >= 0.3 is 11.9 Å². The summed E-state index contributed by atoms with van der Waals surface area (Å²) in [4.78, 5) is 32.7. The van der Waals surface area contributed by atoms with Crippen LogP contribution in [0, 0.1) is 0 Å². The monoisotopic (exact) mass is 223 g/mol. The van der Waals surface area contributed by atoms with E-state index in [9.17, 15) is 9.59 Å². The maximum absolute atomic E-state index is 11.6. The van der Waals surface area contributed by atoms with Crippen LogP contribution in [0.4, 0.5) is 0 Å². The fraction of sp³-hybridized carbons (Fsp3) is 0.273. The van der Waals surface area contributed by atoms with Crippen LogP contribution >= 0.6 is 0 Å². The Kier molecular flexibility index (Phi) is 4.02. The van der Waals surface area contributed by atoms with Crippen LogP contribution in [0.1, 0.15) is 13.3 Å². The topological polar surface area (TPSA) is 55.8 Å². The van der Waals surface area contributed by atoms with Gasteiger partial charge in [-0.3, -0.25) is 0 Å². The molecule has 0 saturated carbocycles. The third kappa shape index (κ3) is 2.58. The summed E-state index contributed by atoms with van der Waals surface area (Å²) >= 11 is 0. The molecule has 0 saturated heterocycles. The Bertz CT molecular complexity index is 370. The second-order valence-corrected chi connectivity index (χ2v) is 3.16. The van der Waals surface area contributed by atoms with Crippen molar-refractivity contribution in [2.45, 2.75) is 13.3 Å². The largest absolute Gasteiger partial charge is 0.357 e. The maximum atomic E-state index is 11.6. The quantitative estimate of drug-likeness (QED) is 0.672. The van der Waals surface area contributed by atoms with E-state index < -0.39 is 11.9 Å². The molecule has 1 aliphatic heterocycles. The van der Waals surface area contributed by atoms with Crippen LogP contribution in [0.3, 0.4) is 0 Å². The van der Waals surface area contributed by atoms with E-state index in [-0.39, 0.29) is 24.1 Å². The normalized spacial score (nSPS) is 17.6. The van der Waals surface area contributed by atoms with Crippen LogP contribution in [0.25, 0.3) is 0 Å². The average molecular weight is 223 g/mol. The van der Waals surface area contributed by atoms with Gasteiger partial charge in [0, 0.05) is 10.8 Å². The molecule has 86 valence electrons. The predicted molar refractivity (Wildman–Crippen MR) is 56.6 cm³/mol. The first-order chi connectivity index (χ1) is 7.60. The molecule has 0 radical (unpaired) electrons. The van der Waals surface area contributed by atoms with Crippen molar-refractivity contribution in [3.63, 3.8) is 0 Å². The second-order valence-electron chi connectivity index (χ2n) is 3.16. The molecule has 0 aromatic heterocycles. The molecular weight excluding hydrogens is 210 g/mol. The first-order valence-corrected chi connectivity index (χ1v) is 4.73. The van der Waals surface area contributed by atoms with Gasteiger partial charge in [0.1, 0.15) is 0 Å². The summed E-state index contributed by atoms with van der Waals surface area (Å²) in [5.41, 5.74) is 0.489. The summed E-state index contributed by atoms with van der Waals surface area (Å²) in [6.45, 7) is 8.60. The number of hydroxylamine groups is 2. The lowest BCUT2D eigenvalue weighted by molar-refractivity contribution is -0.313. The lowest BCUT2D eigenvalue weighted by atomic mass is 10.1. The van der Waals surface area contributed by atoms with Crippen molar-refractivity contribution in [3.05, 3.63) is 36.5 Å². The molecule has 1 aliphatic rings. The molecule has 0 atom stereocenters. The van der Waals surface area contributed by atoms with Gasteiger partial charge in [-0.1, -0.05) is 12.2 Å². The number of rotatable bonds is 4. The molecule has 5 heteroatoms. The molecule has 0 N–H and O–H groups in total. The Hall–Kier alpha value is -1.88. The highest BCUT2D eigenvalue weighted by molar-refractivity contribution is 6.00. The molecule has 0 aromatic rings. The fourth-order valence-corrected chi connectivity index (χ4v) is 1.16. The van der Waals surface area contributed by atoms with Crippen LogP contribution in [-0.2, 0) is 19.3 Å². The smallest absolute Gasteiger partial charge is 0.328 e. The molecule has 16 heavy (non-hydrogen) atoms. The van der Waals surface area contributed by atoms with Crippen molar-refractivity contribution >= 4 is 11.9 Å². The second kappa shape index (κ2) is 5.27. The Morgan fingerprint density at radius 2 is 1.81 bits per heavy atom. The van der Waals surface area contributed by atoms with Gasteiger partial charge in [-0.2, -0.15) is 0 Å². The molecule has 1 heterocycles. The average Bonchev–Trinajstić information content (AvgIpc) is 2.32. The summed E-state index contributed by atoms with van der Waals surface area (Å²) in [7, 11) is 0. The van der Waals surface area contributed by atoms with Gasteiger partial charge in [0.15, 0.2) is 0 Å². The minimum absolute atomic E-state index is 0.117. The molecular formula is C11H13NO4. The van der Waals surface area contributed by atoms with Crippen LogP contribution in [0.5, 0.6) is 0 Å². The van der Waals surface area contributed by atoms with Crippen LogP contribution < -0.4 is 0 Å². The first kappa shape index (κ1) is 12.2. The Morgan fingerprint density at radius 1 is 1.19 bits per heavy atom. The van der Waals surface area contributed by atoms with E-state index in [1.54, 1.807) is 0 Å². The van der Waals surface area contributed by atoms with Gasteiger partial charge in [0.05, 0.1) is 12.1 Å². The zero-order valence-electron chi connectivity index (χ0n) is 9.06. The summed E-state index contributed by atoms with van der Waals surface area (Å²) in [6.07, 6.45) is 3.24. The highest BCUT2D eigenvalue weighted by Gasteiger charge is 2.28. The van der Waals surface area contributed by atoms with E-state index in [0.29, 0.717) is 0 Å². The predicted octanol–water partition coefficient (Wildman–Crippen LogP) is 1.30. The lowest BCUT2D eigenvalue weighted by Gasteiger charge is -2.14. The standard InChI is InChI=1S/C11H13NO4/c1-4-6-9-8(3)10(13)15-12(7-5-2)16-11(9)14/h4-5H,1-2,6-7H2,3H3. The molecule has 0 bridgehead atoms. The fourth-order valence-electron chi connectivity index (χ4n) is 1.16. The molecule has 1 rings (SSSR count). The third-order valence-electron chi connectivity index (χ3n) is 2.00. The number of nitrogens with zero attached hydrogens (tertiary/aromatic N) is 1. The summed E-state index contributed by atoms with van der Waals surface area (Å²) < 4.78 is 0. The minimum Gasteiger partial charge on any atom is -0.328 e. The number of allylic oxidation sites excluding steroid dienone is 1. The van der Waals surface area contributed by atoms with Crippen molar-refractivity contribution in [1.82, 2.24) is 5.23 Å². The van der Waals surface area contributed by atoms with Crippen molar-refractivity contribution < 1.29 is 19.3 Å². The van der Waals surface area contributed by atoms with Crippen LogP contribution in [0.2, 0.25) is 0 Å². The van der Waals surface area contributed by atoms with E-state index in [1.807, 2.05) is 0 Å². The molecule has 0 aromatic carbocycles. The number of carbonyl (C=O) groups is 2. The van der Waals surface area contributed by atoms with E-state index in [2.05, 4.69) is 13.2 Å². The van der Waals surface area contributed by atoms with Crippen molar-refractivity contribution in [2.75, 3.05) is 6.54 Å². The highest BCUT2D eigenvalue weighted by Crippen LogP contribution is 2.18. The number of hydrogen-bond donors (Lipinski definition) is 0. The van der Waals surface area contributed by atoms with E-state index in [4.69, 9.17) is 9.68 Å². The zero-order valence-corrected chi connectivity index (χ0v) is 9.06. The van der Waals surface area contributed by atoms with Crippen molar-refractivity contribution in [1.29, 1.82) is 0 Å². The minimum atomic E-state index is -0.607. The number of hydrogen-bond acceptors (Lipinski definition) is 5. The highest BCUT2D eigenvalue weighted by atomic mass is 17.0. The Labute approximate surface area is 93.5 Å². The molecule has 0 aliphatic carbocycles. The SMILES string of the molecule is C=CCC1=C(C)C(=O)ON(CC=C)OC1=O. The summed E-state index contributed by atoms with van der Waals surface area (Å²) in [6, 6.07) is 0. The molecule has 0 fully saturated rings. The van der Waals surface area contributed by atoms with Crippen LogP contribution in [-0.4, -0.2) is 23.7 Å². The van der Waals surface area contributed by atoms with Crippen molar-refractivity contribution in [3.8, 4) is 0 Å². The third-order valence-corrected chi connectivity index (χ3v) is 2.00. The van der Waals surface area contributed by atoms with Gasteiger partial charge in [0.2, 0.25) is 0 Å². The molecule has 0 spiro atoms. The Morgan fingerprint density at radius 3 is 2.38 bits per heavy atom. The Balaban J connectivity index is 2.96. The maximum Gasteiger partial charge on any atom is 0.357 e. The van der Waals surface area contributed by atoms with Gasteiger partial charge < -0.3 is 9.68 Å². The summed E-state index contributed by atoms with van der Waals surface area (Å²) in [5.74, 6) is -1.21. The molecule has 5 nitrogen and oxygen atoms in total. The summed E-state index contributed by atoms with van der Waals surface area (Å²) in [5, 5.41) is 0.803. The zero-order chi connectivity index (χ0) is 12.1. The molecule has 0 unspecified atom stereocenters. The van der Waals surface area contributed by atoms with E-state index in [0.717, 1.165) is 5.23 Å². The van der Waals surface area contributed by atoms with Crippen molar-refractivity contribution in [2.24, 2.45) is 0 Å².